The second-order valence-corrected chi connectivity index (χ2v) is 13.9. The number of aryl methyl sites for hydroxylation is 1. The fraction of sp³-hybridized carbons (Fsp3) is 0.765. The largest absolute Gasteiger partial charge is 0.494 e. The fourth-order valence-corrected chi connectivity index (χ4v) is 9.55. The van der Waals surface area contributed by atoms with Gasteiger partial charge in [-0.2, -0.15) is 0 Å². The van der Waals surface area contributed by atoms with Gasteiger partial charge in [-0.15, -0.1) is 0 Å². The van der Waals surface area contributed by atoms with Crippen LogP contribution in [0.25, 0.3) is 0 Å². The van der Waals surface area contributed by atoms with Crippen LogP contribution >= 0.6 is 0 Å². The van der Waals surface area contributed by atoms with Gasteiger partial charge < -0.3 is 15.2 Å². The average Bonchev–Trinajstić information content (AvgIpc) is 3.23. The number of aliphatic hydroxyl groups excluding tert-OH is 1. The van der Waals surface area contributed by atoms with Crippen molar-refractivity contribution in [2.45, 2.75) is 110 Å². The summed E-state index contributed by atoms with van der Waals surface area (Å²) in [6, 6.07) is 8.52. The molecule has 4 aliphatic rings. The zero-order valence-corrected chi connectivity index (χ0v) is 24.6. The van der Waals surface area contributed by atoms with Crippen molar-refractivity contribution in [3.8, 4) is 5.75 Å². The summed E-state index contributed by atoms with van der Waals surface area (Å²) < 4.78 is 5.99. The molecule has 0 radical (unpaired) electrons. The standard InChI is InChI=1S/C34H51NO4/c1-33-17-15-26(36)22-25(33)21-24(32-28-13-14-30(37)34(28,2)18-16-29(32)33)10-6-8-23-9-7-11-27(20-23)39-19-5-4-12-31(38)35-3/h7,9,11,20,24-25,28-30,32,37H,4-6,8,10,12-19,21-22H2,1-3H3,(H,35,38)/t24-,25+,28+,29+,30+,32+,33+,34+/m1/s1. The van der Waals surface area contributed by atoms with Crippen LogP contribution in [0.2, 0.25) is 0 Å². The molecule has 1 aromatic rings. The van der Waals surface area contributed by atoms with E-state index in [4.69, 9.17) is 4.74 Å². The van der Waals surface area contributed by atoms with E-state index in [9.17, 15) is 14.7 Å². The maximum Gasteiger partial charge on any atom is 0.219 e. The van der Waals surface area contributed by atoms with Crippen LogP contribution in [0.3, 0.4) is 0 Å². The summed E-state index contributed by atoms with van der Waals surface area (Å²) in [5.74, 6) is 4.73. The number of carbonyl (C=O) groups excluding carboxylic acids is 2. The third kappa shape index (κ3) is 5.80. The van der Waals surface area contributed by atoms with Gasteiger partial charge in [-0.1, -0.05) is 26.0 Å². The Hall–Kier alpha value is -1.88. The van der Waals surface area contributed by atoms with E-state index in [1.807, 2.05) is 6.07 Å². The third-order valence-corrected chi connectivity index (χ3v) is 11.9. The number of nitrogens with one attached hydrogen (secondary N) is 1. The van der Waals surface area contributed by atoms with Gasteiger partial charge in [0, 0.05) is 26.3 Å². The predicted molar refractivity (Wildman–Crippen MR) is 154 cm³/mol. The summed E-state index contributed by atoms with van der Waals surface area (Å²) in [5, 5.41) is 13.7. The summed E-state index contributed by atoms with van der Waals surface area (Å²) in [7, 11) is 1.68. The molecule has 1 aromatic carbocycles. The number of hydrogen-bond donors (Lipinski definition) is 2. The summed E-state index contributed by atoms with van der Waals surface area (Å²) in [6.45, 7) is 5.54. The Bertz CT molecular complexity index is 1020. The van der Waals surface area contributed by atoms with E-state index in [2.05, 4.69) is 37.4 Å². The molecule has 5 nitrogen and oxygen atoms in total. The Morgan fingerprint density at radius 3 is 2.72 bits per heavy atom. The summed E-state index contributed by atoms with van der Waals surface area (Å²) in [5.41, 5.74) is 1.71. The molecule has 39 heavy (non-hydrogen) atoms. The van der Waals surface area contributed by atoms with Crippen LogP contribution in [-0.4, -0.2) is 36.6 Å². The zero-order valence-electron chi connectivity index (χ0n) is 24.6. The van der Waals surface area contributed by atoms with E-state index in [0.717, 1.165) is 63.5 Å². The molecular formula is C34H51NO4. The van der Waals surface area contributed by atoms with Crippen LogP contribution in [0.1, 0.15) is 103 Å². The van der Waals surface area contributed by atoms with E-state index in [1.54, 1.807) is 7.05 Å². The van der Waals surface area contributed by atoms with Gasteiger partial charge in [-0.25, -0.2) is 0 Å². The first-order chi connectivity index (χ1) is 18.7. The SMILES string of the molecule is CNC(=O)CCCCOc1cccc(CCC[C@@H]2C[C@H]3CC(=O)CC[C@]3(C)[C@H]3CC[C@]4(C)[C@@H](O)CC[C@H]4[C@H]23)c1. The maximum absolute atomic E-state index is 12.5. The molecule has 0 aromatic heterocycles. The summed E-state index contributed by atoms with van der Waals surface area (Å²) >= 11 is 0. The lowest BCUT2D eigenvalue weighted by atomic mass is 9.42. The molecule has 4 saturated carbocycles. The molecule has 0 unspecified atom stereocenters. The molecule has 4 fully saturated rings. The predicted octanol–water partition coefficient (Wildman–Crippen LogP) is 6.50. The van der Waals surface area contributed by atoms with Gasteiger partial charge in [0.15, 0.2) is 0 Å². The molecule has 216 valence electrons. The second kappa shape index (κ2) is 11.9. The molecule has 0 saturated heterocycles. The van der Waals surface area contributed by atoms with E-state index < -0.39 is 0 Å². The Morgan fingerprint density at radius 2 is 1.90 bits per heavy atom. The van der Waals surface area contributed by atoms with E-state index >= 15 is 0 Å². The normalized spacial score (nSPS) is 37.5. The number of rotatable bonds is 10. The third-order valence-electron chi connectivity index (χ3n) is 11.9. The highest BCUT2D eigenvalue weighted by Gasteiger charge is 2.62. The monoisotopic (exact) mass is 537 g/mol. The molecule has 0 aliphatic heterocycles. The number of Topliss-reactive ketones (excluding diaryl/α,β-unsaturated/α-hetero) is 1. The van der Waals surface area contributed by atoms with Crippen LogP contribution in [0.5, 0.6) is 5.75 Å². The number of fused-ring (bicyclic) bond motifs is 5. The van der Waals surface area contributed by atoms with E-state index in [-0.39, 0.29) is 17.4 Å². The van der Waals surface area contributed by atoms with Gasteiger partial charge in [-0.05, 0) is 129 Å². The van der Waals surface area contributed by atoms with Crippen LogP contribution in [-0.2, 0) is 16.0 Å². The first-order valence-electron chi connectivity index (χ1n) is 15.9. The lowest BCUT2D eigenvalue weighted by Gasteiger charge is -2.62. The first-order valence-corrected chi connectivity index (χ1v) is 15.9. The fourth-order valence-electron chi connectivity index (χ4n) is 9.55. The lowest BCUT2D eigenvalue weighted by Crippen LogP contribution is -2.57. The molecule has 0 heterocycles. The van der Waals surface area contributed by atoms with Crippen molar-refractivity contribution in [1.82, 2.24) is 5.32 Å². The number of carbonyl (C=O) groups is 2. The minimum absolute atomic E-state index is 0.0825. The Labute approximate surface area is 235 Å². The highest BCUT2D eigenvalue weighted by molar-refractivity contribution is 5.79. The van der Waals surface area contributed by atoms with Crippen molar-refractivity contribution >= 4 is 11.7 Å². The number of benzene rings is 1. The minimum Gasteiger partial charge on any atom is -0.494 e. The van der Waals surface area contributed by atoms with Gasteiger partial charge in [-0.3, -0.25) is 9.59 Å². The number of ketones is 1. The molecule has 5 heteroatoms. The number of unbranched alkanes of at least 4 members (excludes halogenated alkanes) is 1. The highest BCUT2D eigenvalue weighted by atomic mass is 16.5. The average molecular weight is 538 g/mol. The molecule has 8 atom stereocenters. The van der Waals surface area contributed by atoms with Gasteiger partial charge in [0.25, 0.3) is 0 Å². The quantitative estimate of drug-likeness (QED) is 0.334. The molecule has 0 spiro atoms. The topological polar surface area (TPSA) is 75.6 Å². The van der Waals surface area contributed by atoms with E-state index in [0.29, 0.717) is 53.8 Å². The van der Waals surface area contributed by atoms with Crippen LogP contribution in [0.15, 0.2) is 24.3 Å². The lowest BCUT2D eigenvalue weighted by molar-refractivity contribution is -0.156. The molecular weight excluding hydrogens is 486 g/mol. The molecule has 0 bridgehead atoms. The van der Waals surface area contributed by atoms with Crippen LogP contribution in [0.4, 0.5) is 0 Å². The van der Waals surface area contributed by atoms with Crippen molar-refractivity contribution in [3.05, 3.63) is 29.8 Å². The summed E-state index contributed by atoms with van der Waals surface area (Å²) in [4.78, 5) is 23.9. The Morgan fingerprint density at radius 1 is 1.08 bits per heavy atom. The zero-order chi connectivity index (χ0) is 27.6. The van der Waals surface area contributed by atoms with Crippen molar-refractivity contribution in [2.24, 2.45) is 40.4 Å². The van der Waals surface area contributed by atoms with E-state index in [1.165, 1.54) is 31.2 Å². The molecule has 1 amide bonds. The van der Waals surface area contributed by atoms with Crippen molar-refractivity contribution in [2.75, 3.05) is 13.7 Å². The van der Waals surface area contributed by atoms with Crippen molar-refractivity contribution in [3.63, 3.8) is 0 Å². The van der Waals surface area contributed by atoms with Crippen molar-refractivity contribution < 1.29 is 19.4 Å². The maximum atomic E-state index is 12.5. The second-order valence-electron chi connectivity index (χ2n) is 13.9. The van der Waals surface area contributed by atoms with Gasteiger partial charge in [0.05, 0.1) is 12.7 Å². The van der Waals surface area contributed by atoms with Crippen molar-refractivity contribution in [1.29, 1.82) is 0 Å². The summed E-state index contributed by atoms with van der Waals surface area (Å²) in [6.07, 6.45) is 13.9. The van der Waals surface area contributed by atoms with Crippen LogP contribution < -0.4 is 10.1 Å². The van der Waals surface area contributed by atoms with Gasteiger partial charge in [0.2, 0.25) is 5.91 Å². The molecule has 5 rings (SSSR count). The number of ether oxygens (including phenoxy) is 1. The minimum atomic E-state index is -0.144. The highest BCUT2D eigenvalue weighted by Crippen LogP contribution is 2.67. The Kier molecular flexibility index (Phi) is 8.76. The Balaban J connectivity index is 1.21. The number of aliphatic hydroxyl groups is 1. The number of amides is 1. The number of hydrogen-bond acceptors (Lipinski definition) is 4. The first kappa shape index (κ1) is 28.6. The van der Waals surface area contributed by atoms with Crippen LogP contribution in [0, 0.1) is 40.4 Å². The smallest absolute Gasteiger partial charge is 0.219 e. The van der Waals surface area contributed by atoms with Gasteiger partial charge in [0.1, 0.15) is 11.5 Å². The van der Waals surface area contributed by atoms with Gasteiger partial charge >= 0.3 is 0 Å². The molecule has 2 N–H and O–H groups in total. The molecule has 4 aliphatic carbocycles.